The van der Waals surface area contributed by atoms with Crippen molar-refractivity contribution in [3.8, 4) is 0 Å². The molecule has 0 bridgehead atoms. The van der Waals surface area contributed by atoms with Crippen LogP contribution in [0.1, 0.15) is 66.7 Å². The van der Waals surface area contributed by atoms with Crippen molar-refractivity contribution in [3.63, 3.8) is 0 Å². The molecule has 4 aliphatic rings. The molecular weight excluding hydrogens is 388 g/mol. The van der Waals surface area contributed by atoms with E-state index in [0.29, 0.717) is 24.2 Å². The molecule has 1 aliphatic heterocycles. The second-order valence-corrected chi connectivity index (χ2v) is 11.4. The van der Waals surface area contributed by atoms with Crippen molar-refractivity contribution in [2.24, 2.45) is 35.0 Å². The molecule has 4 heteroatoms. The molecule has 31 heavy (non-hydrogen) atoms. The summed E-state index contributed by atoms with van der Waals surface area (Å²) >= 11 is 0. The topological polar surface area (TPSA) is 47.9 Å². The molecule has 0 radical (unpaired) electrons. The third-order valence-electron chi connectivity index (χ3n) is 9.05. The molecule has 174 valence electrons. The normalized spacial score (nSPS) is 49.2. The van der Waals surface area contributed by atoms with Gasteiger partial charge < -0.3 is 19.3 Å². The molecule has 2 saturated carbocycles. The number of methoxy groups -OCH3 is 2. The van der Waals surface area contributed by atoms with E-state index in [1.807, 2.05) is 6.92 Å². The van der Waals surface area contributed by atoms with Crippen LogP contribution in [0.2, 0.25) is 0 Å². The molecule has 3 aliphatic carbocycles. The second kappa shape index (κ2) is 8.13. The maximum absolute atomic E-state index is 11.5. The van der Waals surface area contributed by atoms with Gasteiger partial charge in [0.25, 0.3) is 0 Å². The summed E-state index contributed by atoms with van der Waals surface area (Å²) in [5, 5.41) is 11.5. The fourth-order valence-electron chi connectivity index (χ4n) is 7.47. The summed E-state index contributed by atoms with van der Waals surface area (Å²) in [6, 6.07) is 0. The van der Waals surface area contributed by atoms with E-state index >= 15 is 0 Å². The number of allylic oxidation sites excluding steroid dienone is 5. The average Bonchev–Trinajstić information content (AvgIpc) is 3.23. The fraction of sp³-hybridized carbons (Fsp3) is 0.778. The highest BCUT2D eigenvalue weighted by Crippen LogP contribution is 2.65. The zero-order chi connectivity index (χ0) is 22.6. The SMILES string of the molecule is CO[C@H]1O[C@@]2(OC)C[C@@](C)(O)[C@H]3C[C@@]4(C)CC[C@H]([C@@H](C)/C=C\C=C(C)C)[C@@H]4C/C=C/1[C@H]32. The fourth-order valence-corrected chi connectivity index (χ4v) is 7.47. The summed E-state index contributed by atoms with van der Waals surface area (Å²) in [5.41, 5.74) is 1.93. The lowest BCUT2D eigenvalue weighted by molar-refractivity contribution is -0.265. The second-order valence-electron chi connectivity index (χ2n) is 11.4. The minimum atomic E-state index is -0.809. The lowest BCUT2D eigenvalue weighted by Gasteiger charge is -2.43. The first-order valence-corrected chi connectivity index (χ1v) is 12.1. The minimum absolute atomic E-state index is 0.0595. The van der Waals surface area contributed by atoms with Gasteiger partial charge in [-0.3, -0.25) is 0 Å². The summed E-state index contributed by atoms with van der Waals surface area (Å²) in [6.45, 7) is 11.1. The monoisotopic (exact) mass is 430 g/mol. The van der Waals surface area contributed by atoms with Crippen LogP contribution in [0.25, 0.3) is 0 Å². The van der Waals surface area contributed by atoms with Gasteiger partial charge in [0.05, 0.1) is 5.60 Å². The Morgan fingerprint density at radius 2 is 2.00 bits per heavy atom. The smallest absolute Gasteiger partial charge is 0.183 e. The van der Waals surface area contributed by atoms with E-state index in [2.05, 4.69) is 52.0 Å². The van der Waals surface area contributed by atoms with Gasteiger partial charge in [0.15, 0.2) is 12.1 Å². The van der Waals surface area contributed by atoms with Crippen LogP contribution in [-0.4, -0.2) is 37.0 Å². The molecule has 0 aromatic carbocycles. The minimum Gasteiger partial charge on any atom is -0.390 e. The number of hydrogen-bond donors (Lipinski definition) is 1. The van der Waals surface area contributed by atoms with Crippen molar-refractivity contribution < 1.29 is 19.3 Å². The van der Waals surface area contributed by atoms with E-state index in [1.165, 1.54) is 24.0 Å². The van der Waals surface area contributed by atoms with E-state index in [1.54, 1.807) is 14.2 Å². The van der Waals surface area contributed by atoms with Crippen LogP contribution >= 0.6 is 0 Å². The zero-order valence-corrected chi connectivity index (χ0v) is 20.5. The summed E-state index contributed by atoms with van der Waals surface area (Å²) in [7, 11) is 3.42. The van der Waals surface area contributed by atoms with Crippen molar-refractivity contribution in [3.05, 3.63) is 35.5 Å². The molecular formula is C27H42O4. The van der Waals surface area contributed by atoms with Gasteiger partial charge in [0, 0.05) is 26.6 Å². The Hall–Kier alpha value is -0.940. The third kappa shape index (κ3) is 3.78. The van der Waals surface area contributed by atoms with Crippen LogP contribution in [0, 0.1) is 35.0 Å². The van der Waals surface area contributed by atoms with Gasteiger partial charge in [-0.25, -0.2) is 0 Å². The summed E-state index contributed by atoms with van der Waals surface area (Å²) < 4.78 is 18.1. The number of ether oxygens (including phenoxy) is 3. The predicted molar refractivity (Wildman–Crippen MR) is 123 cm³/mol. The van der Waals surface area contributed by atoms with E-state index in [9.17, 15) is 5.11 Å². The van der Waals surface area contributed by atoms with Crippen LogP contribution < -0.4 is 0 Å². The zero-order valence-electron chi connectivity index (χ0n) is 20.5. The summed E-state index contributed by atoms with van der Waals surface area (Å²) in [5.74, 6) is 1.19. The van der Waals surface area contributed by atoms with Gasteiger partial charge in [0.1, 0.15) is 0 Å². The standard InChI is InChI=1S/C27H42O4/c1-17(2)9-8-10-18(3)19-13-14-25(4)15-22-23-20(11-12-21(19)25)24(29-6)31-27(23,30-7)16-26(22,5)28/h8-11,18-19,21-24,28H,12-16H2,1-7H3/b10-8-,20-11+/t18-,19+,21-,22-,23+,24-,25+,26+,27-/m0/s1. The van der Waals surface area contributed by atoms with Gasteiger partial charge >= 0.3 is 0 Å². The molecule has 0 unspecified atom stereocenters. The largest absolute Gasteiger partial charge is 0.390 e. The predicted octanol–water partition coefficient (Wildman–Crippen LogP) is 5.63. The van der Waals surface area contributed by atoms with Crippen molar-refractivity contribution in [1.29, 1.82) is 0 Å². The highest BCUT2D eigenvalue weighted by Gasteiger charge is 2.68. The van der Waals surface area contributed by atoms with E-state index in [4.69, 9.17) is 14.2 Å². The third-order valence-corrected chi connectivity index (χ3v) is 9.05. The Morgan fingerprint density at radius 3 is 2.65 bits per heavy atom. The molecule has 1 heterocycles. The molecule has 4 nitrogen and oxygen atoms in total. The van der Waals surface area contributed by atoms with E-state index in [-0.39, 0.29) is 23.5 Å². The number of fused-ring (bicyclic) bond motifs is 1. The van der Waals surface area contributed by atoms with Crippen LogP contribution in [0.3, 0.4) is 0 Å². The molecule has 3 fully saturated rings. The molecule has 0 spiro atoms. The Labute approximate surface area is 188 Å². The first-order valence-electron chi connectivity index (χ1n) is 12.1. The molecule has 1 N–H and O–H groups in total. The van der Waals surface area contributed by atoms with Gasteiger partial charge in [-0.1, -0.05) is 43.7 Å². The van der Waals surface area contributed by atoms with E-state index < -0.39 is 11.4 Å². The molecule has 0 aromatic rings. The molecule has 0 aromatic heterocycles. The molecule has 9 atom stereocenters. The van der Waals surface area contributed by atoms with Gasteiger partial charge in [-0.05, 0) is 81.1 Å². The molecule has 0 amide bonds. The summed E-state index contributed by atoms with van der Waals surface area (Å²) in [4.78, 5) is 0. The van der Waals surface area contributed by atoms with E-state index in [0.717, 1.165) is 12.8 Å². The molecule has 1 saturated heterocycles. The summed E-state index contributed by atoms with van der Waals surface area (Å²) in [6.07, 6.45) is 13.9. The Morgan fingerprint density at radius 1 is 1.26 bits per heavy atom. The van der Waals surface area contributed by atoms with Gasteiger partial charge in [-0.15, -0.1) is 0 Å². The Bertz CT molecular complexity index is 776. The average molecular weight is 431 g/mol. The van der Waals surface area contributed by atoms with Crippen molar-refractivity contribution in [2.45, 2.75) is 84.4 Å². The maximum Gasteiger partial charge on any atom is 0.183 e. The van der Waals surface area contributed by atoms with Crippen LogP contribution in [-0.2, 0) is 14.2 Å². The first-order chi connectivity index (χ1) is 14.6. The Kier molecular flexibility index (Phi) is 6.09. The Balaban J connectivity index is 1.69. The van der Waals surface area contributed by atoms with Crippen molar-refractivity contribution in [1.82, 2.24) is 0 Å². The van der Waals surface area contributed by atoms with Crippen molar-refractivity contribution >= 4 is 0 Å². The van der Waals surface area contributed by atoms with Gasteiger partial charge in [-0.2, -0.15) is 0 Å². The maximum atomic E-state index is 11.5. The number of rotatable bonds is 5. The van der Waals surface area contributed by atoms with Crippen molar-refractivity contribution in [2.75, 3.05) is 14.2 Å². The first kappa shape index (κ1) is 23.2. The van der Waals surface area contributed by atoms with Crippen LogP contribution in [0.5, 0.6) is 0 Å². The number of hydrogen-bond acceptors (Lipinski definition) is 4. The molecule has 4 rings (SSSR count). The highest BCUT2D eigenvalue weighted by atomic mass is 16.8. The van der Waals surface area contributed by atoms with Crippen LogP contribution in [0.4, 0.5) is 0 Å². The highest BCUT2D eigenvalue weighted by molar-refractivity contribution is 5.28. The quantitative estimate of drug-likeness (QED) is 0.454. The number of aliphatic hydroxyl groups is 1. The van der Waals surface area contributed by atoms with Gasteiger partial charge in [0.2, 0.25) is 0 Å². The van der Waals surface area contributed by atoms with Crippen LogP contribution in [0.15, 0.2) is 35.5 Å². The lowest BCUT2D eigenvalue weighted by Crippen LogP contribution is -2.40. The lowest BCUT2D eigenvalue weighted by atomic mass is 9.62.